The zero-order valence-electron chi connectivity index (χ0n) is 15.1. The van der Waals surface area contributed by atoms with Gasteiger partial charge >= 0.3 is 0 Å². The van der Waals surface area contributed by atoms with Gasteiger partial charge in [0.15, 0.2) is 0 Å². The fourth-order valence-electron chi connectivity index (χ4n) is 4.85. The van der Waals surface area contributed by atoms with Crippen LogP contribution in [0.15, 0.2) is 36.5 Å². The summed E-state index contributed by atoms with van der Waals surface area (Å²) in [6.45, 7) is 4.91. The number of fused-ring (bicyclic) bond motifs is 2. The number of carbonyl (C=O) groups is 1. The Morgan fingerprint density at radius 3 is 3.00 bits per heavy atom. The van der Waals surface area contributed by atoms with Crippen molar-refractivity contribution in [1.82, 2.24) is 25.2 Å². The molecule has 1 aromatic heterocycles. The molecule has 3 saturated heterocycles. The minimum Gasteiger partial charge on any atom is -0.346 e. The quantitative estimate of drug-likeness (QED) is 0.870. The fourth-order valence-corrected chi connectivity index (χ4v) is 4.85. The van der Waals surface area contributed by atoms with Crippen molar-refractivity contribution in [2.75, 3.05) is 26.2 Å². The van der Waals surface area contributed by atoms with Gasteiger partial charge in [0.2, 0.25) is 5.91 Å². The second kappa shape index (κ2) is 6.68. The maximum Gasteiger partial charge on any atom is 0.241 e. The summed E-state index contributed by atoms with van der Waals surface area (Å²) in [6, 6.07) is 11.4. The first-order valence-electron chi connectivity index (χ1n) is 9.86. The Morgan fingerprint density at radius 2 is 2.04 bits per heavy atom. The van der Waals surface area contributed by atoms with Crippen molar-refractivity contribution in [3.8, 4) is 0 Å². The first-order chi connectivity index (χ1) is 12.8. The third-order valence-corrected chi connectivity index (χ3v) is 6.28. The molecule has 0 bridgehead atoms. The molecule has 2 N–H and O–H groups in total. The Morgan fingerprint density at radius 1 is 1.12 bits per heavy atom. The van der Waals surface area contributed by atoms with Gasteiger partial charge in [-0.3, -0.25) is 15.1 Å². The molecule has 3 unspecified atom stereocenters. The van der Waals surface area contributed by atoms with Crippen molar-refractivity contribution in [3.05, 3.63) is 36.5 Å². The highest BCUT2D eigenvalue weighted by molar-refractivity contribution is 5.82. The maximum absolute atomic E-state index is 12.9. The number of nitrogens with zero attached hydrogens (tertiary/aromatic N) is 3. The number of para-hydroxylation sites is 1. The van der Waals surface area contributed by atoms with Gasteiger partial charge in [0.05, 0.1) is 0 Å². The summed E-state index contributed by atoms with van der Waals surface area (Å²) in [7, 11) is 0. The van der Waals surface area contributed by atoms with Crippen LogP contribution in [0.1, 0.15) is 19.3 Å². The van der Waals surface area contributed by atoms with Crippen LogP contribution in [-0.2, 0) is 11.3 Å². The van der Waals surface area contributed by atoms with Crippen molar-refractivity contribution >= 4 is 16.8 Å². The lowest BCUT2D eigenvalue weighted by atomic mass is 10.1. The number of rotatable bonds is 3. The Balaban J connectivity index is 1.21. The molecule has 3 aliphatic heterocycles. The molecule has 6 heteroatoms. The molecular weight excluding hydrogens is 326 g/mol. The first kappa shape index (κ1) is 16.3. The molecule has 6 nitrogen and oxygen atoms in total. The highest BCUT2D eigenvalue weighted by atomic mass is 16.2. The molecule has 26 heavy (non-hydrogen) atoms. The van der Waals surface area contributed by atoms with E-state index in [-0.39, 0.29) is 18.0 Å². The fraction of sp³-hybridized carbons (Fsp3) is 0.550. The van der Waals surface area contributed by atoms with Crippen LogP contribution in [0.3, 0.4) is 0 Å². The zero-order valence-corrected chi connectivity index (χ0v) is 15.1. The summed E-state index contributed by atoms with van der Waals surface area (Å²) < 4.78 is 2.28. The third-order valence-electron chi connectivity index (χ3n) is 6.28. The molecule has 4 heterocycles. The zero-order chi connectivity index (χ0) is 17.5. The van der Waals surface area contributed by atoms with Crippen LogP contribution in [0.2, 0.25) is 0 Å². The second-order valence-corrected chi connectivity index (χ2v) is 7.92. The topological polar surface area (TPSA) is 52.5 Å². The van der Waals surface area contributed by atoms with Gasteiger partial charge < -0.3 is 9.47 Å². The first-order valence-corrected chi connectivity index (χ1v) is 9.86. The van der Waals surface area contributed by atoms with E-state index in [0.29, 0.717) is 6.04 Å². The number of hydrogen-bond donors (Lipinski definition) is 2. The van der Waals surface area contributed by atoms with Gasteiger partial charge in [-0.1, -0.05) is 18.2 Å². The largest absolute Gasteiger partial charge is 0.346 e. The summed E-state index contributed by atoms with van der Waals surface area (Å²) in [5.41, 5.74) is 7.85. The van der Waals surface area contributed by atoms with Crippen molar-refractivity contribution < 1.29 is 4.79 Å². The molecule has 3 atom stereocenters. The predicted octanol–water partition coefficient (Wildman–Crippen LogP) is 1.18. The molecule has 0 aliphatic carbocycles. The van der Waals surface area contributed by atoms with Crippen LogP contribution in [0.5, 0.6) is 0 Å². The Hall–Kier alpha value is -1.89. The van der Waals surface area contributed by atoms with E-state index >= 15 is 0 Å². The predicted molar refractivity (Wildman–Crippen MR) is 102 cm³/mol. The Kier molecular flexibility index (Phi) is 4.19. The van der Waals surface area contributed by atoms with Crippen LogP contribution >= 0.6 is 0 Å². The van der Waals surface area contributed by atoms with E-state index in [1.165, 1.54) is 30.3 Å². The van der Waals surface area contributed by atoms with E-state index in [1.807, 2.05) is 0 Å². The summed E-state index contributed by atoms with van der Waals surface area (Å²) in [5, 5.41) is 1.26. The normalized spacial score (nSPS) is 29.4. The minimum absolute atomic E-state index is 0.102. The molecule has 5 rings (SSSR count). The Bertz CT molecular complexity index is 802. The molecule has 3 fully saturated rings. The molecule has 0 saturated carbocycles. The highest BCUT2D eigenvalue weighted by Gasteiger charge is 2.37. The number of hydrogen-bond acceptors (Lipinski definition) is 4. The van der Waals surface area contributed by atoms with E-state index in [2.05, 4.69) is 61.7 Å². The summed E-state index contributed by atoms with van der Waals surface area (Å²) in [5.74, 6) is 0.268. The number of amides is 1. The second-order valence-electron chi connectivity index (χ2n) is 7.92. The number of aromatic nitrogens is 1. The van der Waals surface area contributed by atoms with Gasteiger partial charge in [-0.25, -0.2) is 5.43 Å². The van der Waals surface area contributed by atoms with Crippen LogP contribution in [-0.4, -0.2) is 64.6 Å². The maximum atomic E-state index is 12.9. The van der Waals surface area contributed by atoms with E-state index < -0.39 is 0 Å². The van der Waals surface area contributed by atoms with Crippen molar-refractivity contribution in [3.63, 3.8) is 0 Å². The molecule has 0 spiro atoms. The highest BCUT2D eigenvalue weighted by Crippen LogP contribution is 2.23. The van der Waals surface area contributed by atoms with E-state index in [4.69, 9.17) is 0 Å². The summed E-state index contributed by atoms with van der Waals surface area (Å²) in [4.78, 5) is 17.6. The van der Waals surface area contributed by atoms with Gasteiger partial charge in [-0.15, -0.1) is 0 Å². The number of piperazine rings is 1. The lowest BCUT2D eigenvalue weighted by Gasteiger charge is -2.38. The average Bonchev–Trinajstić information content (AvgIpc) is 3.41. The van der Waals surface area contributed by atoms with Crippen molar-refractivity contribution in [2.45, 2.75) is 43.9 Å². The van der Waals surface area contributed by atoms with Crippen LogP contribution < -0.4 is 10.9 Å². The summed E-state index contributed by atoms with van der Waals surface area (Å²) >= 11 is 0. The van der Waals surface area contributed by atoms with Crippen molar-refractivity contribution in [1.29, 1.82) is 0 Å². The molecule has 3 aliphatic rings. The monoisotopic (exact) mass is 353 g/mol. The molecular formula is C20H27N5O. The van der Waals surface area contributed by atoms with Gasteiger partial charge in [0.25, 0.3) is 0 Å². The SMILES string of the molecule is O=C(C1CC(Cn2ccc3ccccc32)NN1)N1CCN2CCCC2C1. The lowest BCUT2D eigenvalue weighted by Crippen LogP contribution is -2.56. The van der Waals surface area contributed by atoms with E-state index in [1.54, 1.807) is 0 Å². The molecule has 0 radical (unpaired) electrons. The van der Waals surface area contributed by atoms with Gasteiger partial charge in [-0.05, 0) is 43.3 Å². The summed E-state index contributed by atoms with van der Waals surface area (Å²) in [6.07, 6.45) is 5.50. The minimum atomic E-state index is -0.102. The van der Waals surface area contributed by atoms with Crippen LogP contribution in [0.25, 0.3) is 10.9 Å². The third kappa shape index (κ3) is 2.92. The smallest absolute Gasteiger partial charge is 0.241 e. The van der Waals surface area contributed by atoms with E-state index in [0.717, 1.165) is 32.6 Å². The number of carbonyl (C=O) groups excluding carboxylic acids is 1. The number of nitrogens with one attached hydrogen (secondary N) is 2. The lowest BCUT2D eigenvalue weighted by molar-refractivity contribution is -0.135. The van der Waals surface area contributed by atoms with Gasteiger partial charge in [0, 0.05) is 50.0 Å². The average molecular weight is 353 g/mol. The number of hydrazine groups is 1. The Labute approximate surface area is 154 Å². The van der Waals surface area contributed by atoms with Crippen LogP contribution in [0.4, 0.5) is 0 Å². The van der Waals surface area contributed by atoms with Crippen LogP contribution in [0, 0.1) is 0 Å². The molecule has 2 aromatic rings. The van der Waals surface area contributed by atoms with Gasteiger partial charge in [0.1, 0.15) is 6.04 Å². The van der Waals surface area contributed by atoms with Crippen molar-refractivity contribution in [2.24, 2.45) is 0 Å². The number of benzene rings is 1. The van der Waals surface area contributed by atoms with Gasteiger partial charge in [-0.2, -0.15) is 0 Å². The molecule has 1 amide bonds. The molecule has 1 aromatic carbocycles. The standard InChI is InChI=1S/C20H27N5O/c26-20(25-11-10-23-8-3-5-17(23)14-25)18-12-16(21-22-18)13-24-9-7-15-4-1-2-6-19(15)24/h1-2,4,6-7,9,16-18,21-22H,3,5,8,10-14H2. The molecule has 138 valence electrons. The van der Waals surface area contributed by atoms with E-state index in [9.17, 15) is 4.79 Å².